The SMILES string of the molecule is CC(C)(C)C(=O)Nc1ccnc(Cl)c1O. The van der Waals surface area contributed by atoms with E-state index >= 15 is 0 Å². The van der Waals surface area contributed by atoms with Crippen LogP contribution in [0.25, 0.3) is 0 Å². The molecular formula is C10H13ClN2O2. The number of rotatable bonds is 1. The molecule has 2 N–H and O–H groups in total. The fourth-order valence-electron chi connectivity index (χ4n) is 0.839. The molecule has 0 saturated carbocycles. The number of nitrogens with one attached hydrogen (secondary N) is 1. The van der Waals surface area contributed by atoms with Crippen molar-refractivity contribution in [3.8, 4) is 5.75 Å². The topological polar surface area (TPSA) is 62.2 Å². The zero-order chi connectivity index (χ0) is 11.6. The molecule has 82 valence electrons. The predicted molar refractivity (Wildman–Crippen MR) is 59.0 cm³/mol. The van der Waals surface area contributed by atoms with Crippen LogP contribution in [0.4, 0.5) is 5.69 Å². The van der Waals surface area contributed by atoms with Crippen molar-refractivity contribution in [3.05, 3.63) is 17.4 Å². The van der Waals surface area contributed by atoms with Gasteiger partial charge in [0.15, 0.2) is 10.9 Å². The molecule has 0 bridgehead atoms. The molecule has 0 spiro atoms. The van der Waals surface area contributed by atoms with E-state index in [0.717, 1.165) is 0 Å². The fraction of sp³-hybridized carbons (Fsp3) is 0.400. The summed E-state index contributed by atoms with van der Waals surface area (Å²) < 4.78 is 0. The molecule has 1 heterocycles. The summed E-state index contributed by atoms with van der Waals surface area (Å²) >= 11 is 5.60. The van der Waals surface area contributed by atoms with Gasteiger partial charge in [0, 0.05) is 11.6 Å². The van der Waals surface area contributed by atoms with Crippen LogP contribution in [-0.4, -0.2) is 16.0 Å². The number of hydrogen-bond acceptors (Lipinski definition) is 3. The Hall–Kier alpha value is -1.29. The van der Waals surface area contributed by atoms with Gasteiger partial charge >= 0.3 is 0 Å². The number of aromatic hydroxyl groups is 1. The van der Waals surface area contributed by atoms with Crippen LogP contribution in [0, 0.1) is 5.41 Å². The molecule has 0 saturated heterocycles. The molecule has 0 aliphatic rings. The third kappa shape index (κ3) is 2.83. The molecule has 0 unspecified atom stereocenters. The van der Waals surface area contributed by atoms with Gasteiger partial charge in [0.05, 0.1) is 5.69 Å². The third-order valence-electron chi connectivity index (χ3n) is 1.81. The largest absolute Gasteiger partial charge is 0.503 e. The minimum absolute atomic E-state index is 0.0262. The molecule has 1 aromatic heterocycles. The van der Waals surface area contributed by atoms with Crippen molar-refractivity contribution < 1.29 is 9.90 Å². The van der Waals surface area contributed by atoms with E-state index in [1.165, 1.54) is 12.3 Å². The molecule has 1 amide bonds. The standard InChI is InChI=1S/C10H13ClN2O2/c1-10(2,3)9(15)13-6-4-5-12-8(11)7(6)14/h4-5,14H,1-3H3,(H,12,13,15). The first-order valence-electron chi connectivity index (χ1n) is 4.47. The van der Waals surface area contributed by atoms with Gasteiger partial charge in [-0.15, -0.1) is 0 Å². The molecule has 0 aromatic carbocycles. The van der Waals surface area contributed by atoms with E-state index in [-0.39, 0.29) is 22.5 Å². The van der Waals surface area contributed by atoms with E-state index in [1.807, 2.05) is 0 Å². The van der Waals surface area contributed by atoms with Crippen LogP contribution in [0.15, 0.2) is 12.3 Å². The van der Waals surface area contributed by atoms with E-state index in [1.54, 1.807) is 20.8 Å². The van der Waals surface area contributed by atoms with Crippen LogP contribution in [0.2, 0.25) is 5.15 Å². The second-order valence-electron chi connectivity index (χ2n) is 4.20. The first-order valence-corrected chi connectivity index (χ1v) is 4.85. The highest BCUT2D eigenvalue weighted by Gasteiger charge is 2.22. The summed E-state index contributed by atoms with van der Waals surface area (Å²) in [4.78, 5) is 15.3. The van der Waals surface area contributed by atoms with E-state index in [4.69, 9.17) is 11.6 Å². The van der Waals surface area contributed by atoms with E-state index in [9.17, 15) is 9.90 Å². The Bertz CT molecular complexity index is 385. The van der Waals surface area contributed by atoms with Crippen molar-refractivity contribution in [1.82, 2.24) is 4.98 Å². The molecule has 0 aliphatic carbocycles. The maximum atomic E-state index is 11.6. The molecule has 15 heavy (non-hydrogen) atoms. The summed E-state index contributed by atoms with van der Waals surface area (Å²) in [6.07, 6.45) is 1.42. The first-order chi connectivity index (χ1) is 6.82. The van der Waals surface area contributed by atoms with Crippen LogP contribution in [0.5, 0.6) is 5.75 Å². The Kier molecular flexibility index (Phi) is 3.19. The van der Waals surface area contributed by atoms with E-state index < -0.39 is 5.41 Å². The van der Waals surface area contributed by atoms with Gasteiger partial charge in [-0.05, 0) is 6.07 Å². The summed E-state index contributed by atoms with van der Waals surface area (Å²) in [6, 6.07) is 1.49. The Morgan fingerprint density at radius 1 is 1.53 bits per heavy atom. The maximum Gasteiger partial charge on any atom is 0.229 e. The highest BCUT2D eigenvalue weighted by atomic mass is 35.5. The van der Waals surface area contributed by atoms with Crippen LogP contribution in [-0.2, 0) is 4.79 Å². The summed E-state index contributed by atoms with van der Waals surface area (Å²) in [5.41, 5.74) is -0.253. The zero-order valence-electron chi connectivity index (χ0n) is 8.84. The maximum absolute atomic E-state index is 11.6. The lowest BCUT2D eigenvalue weighted by atomic mass is 9.95. The van der Waals surface area contributed by atoms with E-state index in [2.05, 4.69) is 10.3 Å². The first kappa shape index (κ1) is 11.8. The van der Waals surface area contributed by atoms with Gasteiger partial charge in [0.2, 0.25) is 5.91 Å². The molecule has 0 fully saturated rings. The number of amides is 1. The summed E-state index contributed by atoms with van der Waals surface area (Å²) in [5, 5.41) is 12.1. The minimum atomic E-state index is -0.526. The van der Waals surface area contributed by atoms with Crippen LogP contribution in [0.3, 0.4) is 0 Å². The second-order valence-corrected chi connectivity index (χ2v) is 4.56. The average molecular weight is 229 g/mol. The monoisotopic (exact) mass is 228 g/mol. The van der Waals surface area contributed by atoms with Gasteiger partial charge in [-0.25, -0.2) is 4.98 Å². The number of nitrogens with zero attached hydrogens (tertiary/aromatic N) is 1. The Balaban J connectivity index is 2.91. The normalized spacial score (nSPS) is 11.2. The molecule has 0 aliphatic heterocycles. The van der Waals surface area contributed by atoms with Crippen molar-refractivity contribution >= 4 is 23.2 Å². The van der Waals surface area contributed by atoms with Gasteiger partial charge in [-0.1, -0.05) is 32.4 Å². The molecule has 1 rings (SSSR count). The number of hydrogen-bond donors (Lipinski definition) is 2. The fourth-order valence-corrected chi connectivity index (χ4v) is 0.997. The third-order valence-corrected chi connectivity index (χ3v) is 2.09. The second kappa shape index (κ2) is 4.06. The Morgan fingerprint density at radius 2 is 2.13 bits per heavy atom. The summed E-state index contributed by atoms with van der Waals surface area (Å²) in [7, 11) is 0. The van der Waals surface area contributed by atoms with Crippen LogP contribution < -0.4 is 5.32 Å². The molecular weight excluding hydrogens is 216 g/mol. The van der Waals surface area contributed by atoms with E-state index in [0.29, 0.717) is 0 Å². The quantitative estimate of drug-likeness (QED) is 0.726. The predicted octanol–water partition coefficient (Wildman–Crippen LogP) is 2.43. The number of aromatic nitrogens is 1. The molecule has 1 aromatic rings. The number of carbonyl (C=O) groups excluding carboxylic acids is 1. The van der Waals surface area contributed by atoms with Crippen molar-refractivity contribution in [2.24, 2.45) is 5.41 Å². The highest BCUT2D eigenvalue weighted by Crippen LogP contribution is 2.30. The van der Waals surface area contributed by atoms with Crippen molar-refractivity contribution in [2.75, 3.05) is 5.32 Å². The number of pyridine rings is 1. The van der Waals surface area contributed by atoms with Gasteiger partial charge < -0.3 is 10.4 Å². The Morgan fingerprint density at radius 3 is 2.67 bits per heavy atom. The van der Waals surface area contributed by atoms with Gasteiger partial charge in [-0.3, -0.25) is 4.79 Å². The highest BCUT2D eigenvalue weighted by molar-refractivity contribution is 6.31. The summed E-state index contributed by atoms with van der Waals surface area (Å²) in [6.45, 7) is 5.34. The van der Waals surface area contributed by atoms with Gasteiger partial charge in [0.25, 0.3) is 0 Å². The van der Waals surface area contributed by atoms with Crippen molar-refractivity contribution in [1.29, 1.82) is 0 Å². The summed E-state index contributed by atoms with van der Waals surface area (Å²) in [5.74, 6) is -0.406. The van der Waals surface area contributed by atoms with Gasteiger partial charge in [-0.2, -0.15) is 0 Å². The lowest BCUT2D eigenvalue weighted by Gasteiger charge is -2.18. The van der Waals surface area contributed by atoms with Crippen molar-refractivity contribution in [2.45, 2.75) is 20.8 Å². The zero-order valence-corrected chi connectivity index (χ0v) is 9.59. The molecule has 4 nitrogen and oxygen atoms in total. The average Bonchev–Trinajstić information content (AvgIpc) is 2.11. The van der Waals surface area contributed by atoms with Crippen LogP contribution in [0.1, 0.15) is 20.8 Å². The van der Waals surface area contributed by atoms with Gasteiger partial charge in [0.1, 0.15) is 0 Å². The van der Waals surface area contributed by atoms with Crippen molar-refractivity contribution in [3.63, 3.8) is 0 Å². The molecule has 0 atom stereocenters. The molecule has 5 heteroatoms. The molecule has 0 radical (unpaired) electrons. The smallest absolute Gasteiger partial charge is 0.229 e. The Labute approximate surface area is 93.3 Å². The number of halogens is 1. The van der Waals surface area contributed by atoms with Crippen LogP contribution >= 0.6 is 11.6 Å². The lowest BCUT2D eigenvalue weighted by molar-refractivity contribution is -0.123. The lowest BCUT2D eigenvalue weighted by Crippen LogP contribution is -2.27. The number of carbonyl (C=O) groups is 1. The number of anilines is 1. The minimum Gasteiger partial charge on any atom is -0.503 e.